The zero-order chi connectivity index (χ0) is 14.7. The van der Waals surface area contributed by atoms with Crippen molar-refractivity contribution < 1.29 is 9.47 Å². The standard InChI is InChI=1S/C15H15ClN2O2/c1-9-7-11(4-6-13(9)16)20-14-8-10(19-2)3-5-12(14)15(17)18/h3-8H,1-2H3,(H3,17,18). The lowest BCUT2D eigenvalue weighted by Gasteiger charge is -2.12. The van der Waals surface area contributed by atoms with E-state index in [0.29, 0.717) is 27.8 Å². The van der Waals surface area contributed by atoms with E-state index in [4.69, 9.17) is 32.2 Å². The second-order valence-corrected chi connectivity index (χ2v) is 4.70. The van der Waals surface area contributed by atoms with Crippen molar-refractivity contribution >= 4 is 17.4 Å². The maximum absolute atomic E-state index is 7.58. The summed E-state index contributed by atoms with van der Waals surface area (Å²) in [4.78, 5) is 0. The highest BCUT2D eigenvalue weighted by molar-refractivity contribution is 6.31. The van der Waals surface area contributed by atoms with Crippen molar-refractivity contribution in [3.63, 3.8) is 0 Å². The van der Waals surface area contributed by atoms with Crippen LogP contribution in [0.3, 0.4) is 0 Å². The minimum atomic E-state index is -0.0617. The van der Waals surface area contributed by atoms with Crippen LogP contribution in [0.15, 0.2) is 36.4 Å². The molecular weight excluding hydrogens is 276 g/mol. The molecule has 0 aliphatic carbocycles. The molecule has 0 amide bonds. The van der Waals surface area contributed by atoms with Gasteiger partial charge in [0.2, 0.25) is 0 Å². The van der Waals surface area contributed by atoms with Gasteiger partial charge in [0.05, 0.1) is 12.7 Å². The molecule has 0 spiro atoms. The number of nitrogens with one attached hydrogen (secondary N) is 1. The molecular formula is C15H15ClN2O2. The number of ether oxygens (including phenoxy) is 2. The molecule has 0 atom stereocenters. The van der Waals surface area contributed by atoms with Crippen molar-refractivity contribution in [3.8, 4) is 17.2 Å². The lowest BCUT2D eigenvalue weighted by atomic mass is 10.1. The summed E-state index contributed by atoms with van der Waals surface area (Å²) in [7, 11) is 1.57. The average Bonchev–Trinajstić information content (AvgIpc) is 2.42. The van der Waals surface area contributed by atoms with Crippen LogP contribution < -0.4 is 15.2 Å². The topological polar surface area (TPSA) is 68.3 Å². The molecule has 4 nitrogen and oxygen atoms in total. The van der Waals surface area contributed by atoms with E-state index in [-0.39, 0.29) is 5.84 Å². The number of hydrogen-bond donors (Lipinski definition) is 2. The fourth-order valence-electron chi connectivity index (χ4n) is 1.74. The summed E-state index contributed by atoms with van der Waals surface area (Å²) in [5.41, 5.74) is 6.98. The molecule has 0 saturated heterocycles. The molecule has 0 aliphatic heterocycles. The first kappa shape index (κ1) is 14.2. The Morgan fingerprint density at radius 2 is 1.85 bits per heavy atom. The number of nitrogens with two attached hydrogens (primary N) is 1. The first-order valence-corrected chi connectivity index (χ1v) is 6.35. The molecule has 2 rings (SSSR count). The molecule has 5 heteroatoms. The van der Waals surface area contributed by atoms with Gasteiger partial charge in [-0.3, -0.25) is 5.41 Å². The van der Waals surface area contributed by atoms with Gasteiger partial charge in [0.1, 0.15) is 23.1 Å². The number of amidine groups is 1. The van der Waals surface area contributed by atoms with Crippen LogP contribution in [0.5, 0.6) is 17.2 Å². The van der Waals surface area contributed by atoms with Crippen molar-refractivity contribution in [2.24, 2.45) is 5.73 Å². The number of hydrogen-bond acceptors (Lipinski definition) is 3. The van der Waals surface area contributed by atoms with E-state index >= 15 is 0 Å². The molecule has 2 aromatic rings. The molecule has 0 aromatic heterocycles. The van der Waals surface area contributed by atoms with E-state index < -0.39 is 0 Å². The Kier molecular flexibility index (Phi) is 4.15. The maximum atomic E-state index is 7.58. The summed E-state index contributed by atoms with van der Waals surface area (Å²) in [5.74, 6) is 1.67. The zero-order valence-electron chi connectivity index (χ0n) is 11.2. The Hall–Kier alpha value is -2.20. The third-order valence-corrected chi connectivity index (χ3v) is 3.26. The minimum absolute atomic E-state index is 0.0617. The summed E-state index contributed by atoms with van der Waals surface area (Å²) >= 11 is 5.98. The molecule has 2 aromatic carbocycles. The van der Waals surface area contributed by atoms with E-state index in [2.05, 4.69) is 0 Å². The minimum Gasteiger partial charge on any atom is -0.497 e. The molecule has 104 valence electrons. The van der Waals surface area contributed by atoms with Gasteiger partial charge in [-0.25, -0.2) is 0 Å². The van der Waals surface area contributed by atoms with E-state index in [0.717, 1.165) is 5.56 Å². The summed E-state index contributed by atoms with van der Waals surface area (Å²) < 4.78 is 10.9. The van der Waals surface area contributed by atoms with Crippen molar-refractivity contribution in [2.45, 2.75) is 6.92 Å². The number of methoxy groups -OCH3 is 1. The van der Waals surface area contributed by atoms with E-state index in [1.54, 1.807) is 37.4 Å². The smallest absolute Gasteiger partial charge is 0.142 e. The lowest BCUT2D eigenvalue weighted by Crippen LogP contribution is -2.12. The van der Waals surface area contributed by atoms with Crippen LogP contribution in [0.4, 0.5) is 0 Å². The highest BCUT2D eigenvalue weighted by Gasteiger charge is 2.10. The number of aryl methyl sites for hydroxylation is 1. The predicted molar refractivity (Wildman–Crippen MR) is 80.3 cm³/mol. The molecule has 20 heavy (non-hydrogen) atoms. The normalized spacial score (nSPS) is 10.2. The van der Waals surface area contributed by atoms with Gasteiger partial charge in [-0.05, 0) is 42.8 Å². The molecule has 0 unspecified atom stereocenters. The lowest BCUT2D eigenvalue weighted by molar-refractivity contribution is 0.409. The van der Waals surface area contributed by atoms with Gasteiger partial charge >= 0.3 is 0 Å². The average molecular weight is 291 g/mol. The quantitative estimate of drug-likeness (QED) is 0.666. The molecule has 0 bridgehead atoms. The van der Waals surface area contributed by atoms with Gasteiger partial charge in [-0.2, -0.15) is 0 Å². The Bertz CT molecular complexity index is 656. The molecule has 0 radical (unpaired) electrons. The highest BCUT2D eigenvalue weighted by atomic mass is 35.5. The Labute approximate surface area is 122 Å². The monoisotopic (exact) mass is 290 g/mol. The number of halogens is 1. The third-order valence-electron chi connectivity index (χ3n) is 2.84. The van der Waals surface area contributed by atoms with Gasteiger partial charge in [0.15, 0.2) is 0 Å². The van der Waals surface area contributed by atoms with Crippen molar-refractivity contribution in [1.82, 2.24) is 0 Å². The summed E-state index contributed by atoms with van der Waals surface area (Å²) in [6.45, 7) is 1.90. The third kappa shape index (κ3) is 3.03. The van der Waals surface area contributed by atoms with Crippen LogP contribution in [0.2, 0.25) is 5.02 Å². The van der Waals surface area contributed by atoms with Crippen LogP contribution >= 0.6 is 11.6 Å². The highest BCUT2D eigenvalue weighted by Crippen LogP contribution is 2.31. The summed E-state index contributed by atoms with van der Waals surface area (Å²) in [6.07, 6.45) is 0. The van der Waals surface area contributed by atoms with Crippen molar-refractivity contribution in [3.05, 3.63) is 52.5 Å². The second-order valence-electron chi connectivity index (χ2n) is 4.29. The Morgan fingerprint density at radius 3 is 2.45 bits per heavy atom. The van der Waals surface area contributed by atoms with Crippen LogP contribution in [-0.4, -0.2) is 12.9 Å². The fourth-order valence-corrected chi connectivity index (χ4v) is 1.86. The molecule has 0 aliphatic rings. The van der Waals surface area contributed by atoms with Crippen LogP contribution in [0.1, 0.15) is 11.1 Å². The van der Waals surface area contributed by atoms with Crippen LogP contribution in [-0.2, 0) is 0 Å². The van der Waals surface area contributed by atoms with Gasteiger partial charge in [0.25, 0.3) is 0 Å². The van der Waals surface area contributed by atoms with Crippen molar-refractivity contribution in [2.75, 3.05) is 7.11 Å². The van der Waals surface area contributed by atoms with Crippen LogP contribution in [0, 0.1) is 12.3 Å². The Morgan fingerprint density at radius 1 is 1.15 bits per heavy atom. The van der Waals surface area contributed by atoms with E-state index in [9.17, 15) is 0 Å². The van der Waals surface area contributed by atoms with Gasteiger partial charge in [0, 0.05) is 11.1 Å². The molecule has 3 N–H and O–H groups in total. The van der Waals surface area contributed by atoms with Gasteiger partial charge in [-0.1, -0.05) is 11.6 Å². The van der Waals surface area contributed by atoms with Crippen molar-refractivity contribution in [1.29, 1.82) is 5.41 Å². The summed E-state index contributed by atoms with van der Waals surface area (Å²) in [6, 6.07) is 10.5. The first-order chi connectivity index (χ1) is 9.51. The SMILES string of the molecule is COc1ccc(C(=N)N)c(Oc2ccc(Cl)c(C)c2)c1. The molecule has 0 fully saturated rings. The predicted octanol–water partition coefficient (Wildman–Crippen LogP) is 3.73. The molecule has 0 heterocycles. The van der Waals surface area contributed by atoms with Gasteiger partial charge < -0.3 is 15.2 Å². The number of benzene rings is 2. The van der Waals surface area contributed by atoms with Gasteiger partial charge in [-0.15, -0.1) is 0 Å². The number of rotatable bonds is 4. The molecule has 0 saturated carbocycles. The maximum Gasteiger partial charge on any atom is 0.142 e. The fraction of sp³-hybridized carbons (Fsp3) is 0.133. The van der Waals surface area contributed by atoms with E-state index in [1.807, 2.05) is 13.0 Å². The van der Waals surface area contributed by atoms with Crippen LogP contribution in [0.25, 0.3) is 0 Å². The second kappa shape index (κ2) is 5.84. The largest absolute Gasteiger partial charge is 0.497 e. The number of nitrogen functional groups attached to an aromatic ring is 1. The zero-order valence-corrected chi connectivity index (χ0v) is 12.0. The van der Waals surface area contributed by atoms with E-state index in [1.165, 1.54) is 0 Å². The Balaban J connectivity index is 2.40. The first-order valence-electron chi connectivity index (χ1n) is 5.97. The summed E-state index contributed by atoms with van der Waals surface area (Å²) in [5, 5.41) is 8.26.